The van der Waals surface area contributed by atoms with Gasteiger partial charge in [-0.05, 0) is 6.92 Å². The molecule has 0 fully saturated rings. The van der Waals surface area contributed by atoms with E-state index >= 15 is 0 Å². The highest BCUT2D eigenvalue weighted by atomic mass is 16.5. The lowest BCUT2D eigenvalue weighted by atomic mass is 10.4. The smallest absolute Gasteiger partial charge is 0.333 e. The molecule has 0 radical (unpaired) electrons. The summed E-state index contributed by atoms with van der Waals surface area (Å²) in [6, 6.07) is 1.62. The van der Waals surface area contributed by atoms with Crippen molar-refractivity contribution in [2.75, 3.05) is 19.8 Å². The van der Waals surface area contributed by atoms with Gasteiger partial charge in [0, 0.05) is 18.6 Å². The lowest BCUT2D eigenvalue weighted by Crippen LogP contribution is -2.14. The average Bonchev–Trinajstić information content (AvgIpc) is 2.22. The van der Waals surface area contributed by atoms with Gasteiger partial charge in [-0.1, -0.05) is 6.58 Å². The van der Waals surface area contributed by atoms with Crippen LogP contribution in [0.15, 0.2) is 12.2 Å². The highest BCUT2D eigenvalue weighted by Crippen LogP contribution is 1.94. The van der Waals surface area contributed by atoms with Crippen LogP contribution in [0, 0.1) is 11.3 Å². The Balaban J connectivity index is 3.30. The fourth-order valence-electron chi connectivity index (χ4n) is 0.681. The van der Waals surface area contributed by atoms with Gasteiger partial charge in [-0.2, -0.15) is 5.26 Å². The van der Waals surface area contributed by atoms with Crippen molar-refractivity contribution in [1.82, 2.24) is 0 Å². The highest BCUT2D eigenvalue weighted by molar-refractivity contribution is 5.86. The molecule has 0 spiro atoms. The first-order valence-electron chi connectivity index (χ1n) is 4.56. The quantitative estimate of drug-likeness (QED) is 0.286. The molecule has 1 unspecified atom stereocenters. The molecule has 0 rings (SSSR count). The summed E-state index contributed by atoms with van der Waals surface area (Å²) in [5.74, 6) is -0.424. The van der Waals surface area contributed by atoms with Crippen molar-refractivity contribution < 1.29 is 19.4 Å². The van der Waals surface area contributed by atoms with Crippen molar-refractivity contribution in [3.05, 3.63) is 12.2 Å². The summed E-state index contributed by atoms with van der Waals surface area (Å²) in [5, 5.41) is 17.0. The van der Waals surface area contributed by atoms with Crippen molar-refractivity contribution in [2.24, 2.45) is 0 Å². The van der Waals surface area contributed by atoms with E-state index in [1.165, 1.54) is 0 Å². The van der Waals surface area contributed by atoms with Gasteiger partial charge >= 0.3 is 5.97 Å². The van der Waals surface area contributed by atoms with Crippen LogP contribution in [-0.4, -0.2) is 37.0 Å². The molecule has 1 atom stereocenters. The number of aliphatic hydroxyl groups excluding tert-OH is 1. The molecule has 0 amide bonds. The number of hydrogen-bond donors (Lipinski definition) is 1. The Labute approximate surface area is 88.9 Å². The Morgan fingerprint density at radius 3 is 2.80 bits per heavy atom. The molecule has 0 saturated heterocycles. The predicted octanol–water partition coefficient (Wildman–Crippen LogP) is 0.397. The topological polar surface area (TPSA) is 79.6 Å². The lowest BCUT2D eigenvalue weighted by molar-refractivity contribution is -0.139. The van der Waals surface area contributed by atoms with Crippen molar-refractivity contribution in [2.45, 2.75) is 19.4 Å². The molecule has 0 heterocycles. The number of rotatable bonds is 7. The molecule has 15 heavy (non-hydrogen) atoms. The van der Waals surface area contributed by atoms with Crippen LogP contribution in [-0.2, 0) is 14.3 Å². The fourth-order valence-corrected chi connectivity index (χ4v) is 0.681. The number of carbonyl (C=O) groups is 1. The van der Waals surface area contributed by atoms with Gasteiger partial charge in [-0.15, -0.1) is 0 Å². The number of hydrogen-bond acceptors (Lipinski definition) is 5. The third kappa shape index (κ3) is 7.67. The zero-order valence-electron chi connectivity index (χ0n) is 8.73. The molecule has 0 saturated carbocycles. The van der Waals surface area contributed by atoms with E-state index in [-0.39, 0.29) is 13.2 Å². The molecule has 84 valence electrons. The molecule has 1 N–H and O–H groups in total. The largest absolute Gasteiger partial charge is 0.462 e. The molecule has 0 aliphatic carbocycles. The maximum absolute atomic E-state index is 10.9. The number of nitrogens with zero attached hydrogens (tertiary/aromatic N) is 1. The zero-order valence-corrected chi connectivity index (χ0v) is 8.73. The minimum absolute atomic E-state index is 0.0229. The van der Waals surface area contributed by atoms with Crippen LogP contribution in [0.4, 0.5) is 0 Å². The molecule has 5 nitrogen and oxygen atoms in total. The fraction of sp³-hybridized carbons (Fsp3) is 0.600. The Kier molecular flexibility index (Phi) is 7.24. The zero-order chi connectivity index (χ0) is 11.7. The SMILES string of the molecule is C=C(C)C(=O)OCCCOCC(O)C#N. The molecule has 0 aliphatic heterocycles. The summed E-state index contributed by atoms with van der Waals surface area (Å²) >= 11 is 0. The summed E-state index contributed by atoms with van der Waals surface area (Å²) < 4.78 is 9.73. The van der Waals surface area contributed by atoms with Crippen LogP contribution >= 0.6 is 0 Å². The summed E-state index contributed by atoms with van der Waals surface area (Å²) in [7, 11) is 0. The van der Waals surface area contributed by atoms with E-state index < -0.39 is 12.1 Å². The Morgan fingerprint density at radius 2 is 2.27 bits per heavy atom. The number of ether oxygens (including phenoxy) is 2. The number of carbonyl (C=O) groups excluding carboxylic acids is 1. The van der Waals surface area contributed by atoms with E-state index in [2.05, 4.69) is 6.58 Å². The van der Waals surface area contributed by atoms with E-state index in [4.69, 9.17) is 19.8 Å². The van der Waals surface area contributed by atoms with Crippen LogP contribution in [0.2, 0.25) is 0 Å². The van der Waals surface area contributed by atoms with E-state index in [1.807, 2.05) is 0 Å². The van der Waals surface area contributed by atoms with Crippen LogP contribution < -0.4 is 0 Å². The molecular formula is C10H15NO4. The third-order valence-corrected chi connectivity index (χ3v) is 1.44. The summed E-state index contributed by atoms with van der Waals surface area (Å²) in [4.78, 5) is 10.9. The maximum atomic E-state index is 10.9. The molecule has 0 aromatic heterocycles. The van der Waals surface area contributed by atoms with Crippen LogP contribution in [0.3, 0.4) is 0 Å². The van der Waals surface area contributed by atoms with Crippen molar-refractivity contribution >= 4 is 5.97 Å². The van der Waals surface area contributed by atoms with E-state index in [9.17, 15) is 4.79 Å². The van der Waals surface area contributed by atoms with Gasteiger partial charge in [0.25, 0.3) is 0 Å². The highest BCUT2D eigenvalue weighted by Gasteiger charge is 2.03. The standard InChI is InChI=1S/C10H15NO4/c1-8(2)10(13)15-5-3-4-14-7-9(12)6-11/h9,12H,1,3-5,7H2,2H3. The second-order valence-electron chi connectivity index (χ2n) is 2.99. The van der Waals surface area contributed by atoms with Gasteiger partial charge in [-0.3, -0.25) is 0 Å². The van der Waals surface area contributed by atoms with Gasteiger partial charge < -0.3 is 14.6 Å². The molecule has 0 aromatic carbocycles. The van der Waals surface area contributed by atoms with Crippen molar-refractivity contribution in [1.29, 1.82) is 5.26 Å². The van der Waals surface area contributed by atoms with E-state index in [0.29, 0.717) is 18.6 Å². The van der Waals surface area contributed by atoms with E-state index in [1.54, 1.807) is 13.0 Å². The van der Waals surface area contributed by atoms with Crippen molar-refractivity contribution in [3.8, 4) is 6.07 Å². The minimum atomic E-state index is -1.09. The Bertz CT molecular complexity index is 257. The summed E-state index contributed by atoms with van der Waals surface area (Å²) in [6.45, 7) is 5.56. The molecular weight excluding hydrogens is 198 g/mol. The summed E-state index contributed by atoms with van der Waals surface area (Å²) in [6.07, 6.45) is -0.570. The summed E-state index contributed by atoms with van der Waals surface area (Å²) in [5.41, 5.74) is 0.357. The average molecular weight is 213 g/mol. The van der Waals surface area contributed by atoms with Gasteiger partial charge in [0.2, 0.25) is 0 Å². The third-order valence-electron chi connectivity index (χ3n) is 1.44. The second-order valence-corrected chi connectivity index (χ2v) is 2.99. The molecule has 0 aromatic rings. The lowest BCUT2D eigenvalue weighted by Gasteiger charge is -2.05. The Morgan fingerprint density at radius 1 is 1.60 bits per heavy atom. The number of aliphatic hydroxyl groups is 1. The van der Waals surface area contributed by atoms with Gasteiger partial charge in [0.1, 0.15) is 0 Å². The molecule has 0 aliphatic rings. The Hall–Kier alpha value is -1.38. The van der Waals surface area contributed by atoms with Crippen LogP contribution in [0.25, 0.3) is 0 Å². The minimum Gasteiger partial charge on any atom is -0.462 e. The van der Waals surface area contributed by atoms with E-state index in [0.717, 1.165) is 0 Å². The normalized spacial score (nSPS) is 11.5. The first-order valence-corrected chi connectivity index (χ1v) is 4.56. The van der Waals surface area contributed by atoms with Crippen LogP contribution in [0.1, 0.15) is 13.3 Å². The molecule has 5 heteroatoms. The van der Waals surface area contributed by atoms with Gasteiger partial charge in [0.05, 0.1) is 19.3 Å². The maximum Gasteiger partial charge on any atom is 0.333 e. The first kappa shape index (κ1) is 13.6. The van der Waals surface area contributed by atoms with Gasteiger partial charge in [-0.25, -0.2) is 4.79 Å². The number of nitriles is 1. The molecule has 0 bridgehead atoms. The second kappa shape index (κ2) is 7.97. The predicted molar refractivity (Wildman–Crippen MR) is 52.8 cm³/mol. The van der Waals surface area contributed by atoms with Crippen molar-refractivity contribution in [3.63, 3.8) is 0 Å². The van der Waals surface area contributed by atoms with Crippen LogP contribution in [0.5, 0.6) is 0 Å². The number of esters is 1. The van der Waals surface area contributed by atoms with Gasteiger partial charge in [0.15, 0.2) is 6.10 Å². The first-order chi connectivity index (χ1) is 7.07. The monoisotopic (exact) mass is 213 g/mol.